The second-order valence-electron chi connectivity index (χ2n) is 7.03. The highest BCUT2D eigenvalue weighted by atomic mass is 14.9. The van der Waals surface area contributed by atoms with Gasteiger partial charge < -0.3 is 5.32 Å². The second kappa shape index (κ2) is 5.28. The van der Waals surface area contributed by atoms with Crippen LogP contribution in [0, 0.1) is 5.41 Å². The number of hydrogen-bond acceptors (Lipinski definition) is 1. The van der Waals surface area contributed by atoms with Crippen molar-refractivity contribution < 1.29 is 0 Å². The van der Waals surface area contributed by atoms with Crippen molar-refractivity contribution in [3.63, 3.8) is 0 Å². The molecule has 0 bridgehead atoms. The molecule has 3 unspecified atom stereocenters. The van der Waals surface area contributed by atoms with E-state index in [4.69, 9.17) is 0 Å². The predicted octanol–water partition coefficient (Wildman–Crippen LogP) is 4.27. The van der Waals surface area contributed by atoms with Crippen LogP contribution in [0.1, 0.15) is 62.5 Å². The summed E-state index contributed by atoms with van der Waals surface area (Å²) in [6.07, 6.45) is 9.59. The summed E-state index contributed by atoms with van der Waals surface area (Å²) in [6.45, 7) is 2.52. The van der Waals surface area contributed by atoms with E-state index in [-0.39, 0.29) is 0 Å². The topological polar surface area (TPSA) is 12.0 Å². The van der Waals surface area contributed by atoms with Gasteiger partial charge in [0.05, 0.1) is 0 Å². The van der Waals surface area contributed by atoms with Crippen molar-refractivity contribution in [2.45, 2.75) is 63.8 Å². The number of nitrogens with one attached hydrogen (secondary N) is 1. The van der Waals surface area contributed by atoms with Crippen molar-refractivity contribution in [2.75, 3.05) is 7.05 Å². The zero-order valence-corrected chi connectivity index (χ0v) is 12.4. The molecule has 1 heteroatoms. The van der Waals surface area contributed by atoms with Crippen LogP contribution in [0.2, 0.25) is 0 Å². The fourth-order valence-corrected chi connectivity index (χ4v) is 4.41. The van der Waals surface area contributed by atoms with Crippen LogP contribution < -0.4 is 5.32 Å². The van der Waals surface area contributed by atoms with Gasteiger partial charge in [0.2, 0.25) is 0 Å². The maximum absolute atomic E-state index is 3.48. The van der Waals surface area contributed by atoms with Crippen LogP contribution in [0.3, 0.4) is 0 Å². The zero-order chi connectivity index (χ0) is 13.3. The molecule has 104 valence electrons. The van der Waals surface area contributed by atoms with Crippen LogP contribution in [-0.4, -0.2) is 13.1 Å². The van der Waals surface area contributed by atoms with Gasteiger partial charge in [0.1, 0.15) is 0 Å². The minimum Gasteiger partial charge on any atom is -0.317 e. The van der Waals surface area contributed by atoms with Crippen molar-refractivity contribution in [2.24, 2.45) is 5.41 Å². The molecule has 1 N–H and O–H groups in total. The van der Waals surface area contributed by atoms with E-state index in [1.54, 1.807) is 11.1 Å². The van der Waals surface area contributed by atoms with E-state index in [0.29, 0.717) is 5.41 Å². The Morgan fingerprint density at radius 1 is 1.26 bits per heavy atom. The maximum atomic E-state index is 3.48. The molecule has 1 saturated carbocycles. The summed E-state index contributed by atoms with van der Waals surface area (Å²) in [5.74, 6) is 0.811. The Morgan fingerprint density at radius 3 is 2.89 bits per heavy atom. The average Bonchev–Trinajstić information content (AvgIpc) is 2.81. The fourth-order valence-electron chi connectivity index (χ4n) is 4.41. The first-order valence-corrected chi connectivity index (χ1v) is 7.95. The lowest BCUT2D eigenvalue weighted by atomic mass is 9.72. The third kappa shape index (κ3) is 2.72. The van der Waals surface area contributed by atoms with Gasteiger partial charge >= 0.3 is 0 Å². The monoisotopic (exact) mass is 257 g/mol. The number of benzene rings is 1. The lowest BCUT2D eigenvalue weighted by Gasteiger charge is -2.33. The van der Waals surface area contributed by atoms with Gasteiger partial charge in [0.15, 0.2) is 0 Å². The average molecular weight is 257 g/mol. The van der Waals surface area contributed by atoms with Crippen molar-refractivity contribution >= 4 is 0 Å². The summed E-state index contributed by atoms with van der Waals surface area (Å²) in [5.41, 5.74) is 3.83. The Kier molecular flexibility index (Phi) is 3.66. The summed E-state index contributed by atoms with van der Waals surface area (Å²) >= 11 is 0. The summed E-state index contributed by atoms with van der Waals surface area (Å²) in [6, 6.07) is 9.91. The van der Waals surface area contributed by atoms with Gasteiger partial charge in [-0.25, -0.2) is 0 Å². The van der Waals surface area contributed by atoms with E-state index >= 15 is 0 Å². The maximum Gasteiger partial charge on any atom is 0.00694 e. The fraction of sp³-hybridized carbons (Fsp3) is 0.667. The standard InChI is InChI=1S/C18H27N/c1-18(11-10-16(13-18)19-2)12-15-8-5-7-14-6-3-4-9-17(14)15/h3-4,6,9,15-16,19H,5,7-8,10-13H2,1-2H3. The van der Waals surface area contributed by atoms with Crippen LogP contribution in [0.4, 0.5) is 0 Å². The molecule has 0 amide bonds. The van der Waals surface area contributed by atoms with Crippen LogP contribution in [-0.2, 0) is 6.42 Å². The molecule has 1 fully saturated rings. The Bertz CT molecular complexity index is 439. The van der Waals surface area contributed by atoms with Crippen molar-refractivity contribution in [1.82, 2.24) is 5.32 Å². The lowest BCUT2D eigenvalue weighted by Crippen LogP contribution is -2.25. The normalized spacial score (nSPS) is 34.2. The Balaban J connectivity index is 1.74. The highest BCUT2D eigenvalue weighted by Gasteiger charge is 2.37. The van der Waals surface area contributed by atoms with Gasteiger partial charge in [-0.3, -0.25) is 0 Å². The minimum atomic E-state index is 0.558. The van der Waals surface area contributed by atoms with Gasteiger partial charge in [-0.05, 0) is 74.5 Å². The van der Waals surface area contributed by atoms with Gasteiger partial charge in [-0.1, -0.05) is 31.2 Å². The smallest absolute Gasteiger partial charge is 0.00694 e. The third-order valence-corrected chi connectivity index (χ3v) is 5.48. The molecule has 0 heterocycles. The quantitative estimate of drug-likeness (QED) is 0.852. The van der Waals surface area contributed by atoms with Crippen molar-refractivity contribution in [3.8, 4) is 0 Å². The molecule has 2 aliphatic carbocycles. The van der Waals surface area contributed by atoms with Crippen molar-refractivity contribution in [3.05, 3.63) is 35.4 Å². The van der Waals surface area contributed by atoms with Crippen LogP contribution in [0.25, 0.3) is 0 Å². The van der Waals surface area contributed by atoms with E-state index in [9.17, 15) is 0 Å². The highest BCUT2D eigenvalue weighted by Crippen LogP contribution is 2.47. The van der Waals surface area contributed by atoms with Gasteiger partial charge in [0, 0.05) is 6.04 Å². The molecular weight excluding hydrogens is 230 g/mol. The van der Waals surface area contributed by atoms with Crippen LogP contribution >= 0.6 is 0 Å². The number of aryl methyl sites for hydroxylation is 1. The molecule has 1 nitrogen and oxygen atoms in total. The first-order chi connectivity index (χ1) is 9.20. The molecule has 0 aliphatic heterocycles. The summed E-state index contributed by atoms with van der Waals surface area (Å²) < 4.78 is 0. The molecule has 19 heavy (non-hydrogen) atoms. The first-order valence-electron chi connectivity index (χ1n) is 7.95. The molecule has 2 aliphatic rings. The Labute approximate surface area is 117 Å². The number of fused-ring (bicyclic) bond motifs is 1. The summed E-state index contributed by atoms with van der Waals surface area (Å²) in [5, 5.41) is 3.48. The predicted molar refractivity (Wildman–Crippen MR) is 81.5 cm³/mol. The molecule has 3 rings (SSSR count). The van der Waals surface area contributed by atoms with Crippen LogP contribution in [0.5, 0.6) is 0 Å². The van der Waals surface area contributed by atoms with E-state index < -0.39 is 0 Å². The second-order valence-corrected chi connectivity index (χ2v) is 7.03. The molecule has 1 aromatic rings. The van der Waals surface area contributed by atoms with E-state index in [1.807, 2.05) is 0 Å². The Morgan fingerprint density at radius 2 is 2.11 bits per heavy atom. The largest absolute Gasteiger partial charge is 0.317 e. The Hall–Kier alpha value is -0.820. The third-order valence-electron chi connectivity index (χ3n) is 5.48. The molecule has 0 spiro atoms. The molecule has 3 atom stereocenters. The van der Waals surface area contributed by atoms with Gasteiger partial charge in [-0.2, -0.15) is 0 Å². The first kappa shape index (κ1) is 13.2. The lowest BCUT2D eigenvalue weighted by molar-refractivity contribution is 0.262. The van der Waals surface area contributed by atoms with Crippen LogP contribution in [0.15, 0.2) is 24.3 Å². The number of rotatable bonds is 3. The molecule has 1 aromatic carbocycles. The van der Waals surface area contributed by atoms with E-state index in [2.05, 4.69) is 43.6 Å². The molecule has 0 saturated heterocycles. The summed E-state index contributed by atoms with van der Waals surface area (Å²) in [4.78, 5) is 0. The molecular formula is C18H27N. The summed E-state index contributed by atoms with van der Waals surface area (Å²) in [7, 11) is 2.12. The van der Waals surface area contributed by atoms with E-state index in [1.165, 1.54) is 44.9 Å². The highest BCUT2D eigenvalue weighted by molar-refractivity contribution is 5.32. The molecule has 0 radical (unpaired) electrons. The van der Waals surface area contributed by atoms with E-state index in [0.717, 1.165) is 12.0 Å². The van der Waals surface area contributed by atoms with Gasteiger partial charge in [-0.15, -0.1) is 0 Å². The van der Waals surface area contributed by atoms with Crippen molar-refractivity contribution in [1.29, 1.82) is 0 Å². The minimum absolute atomic E-state index is 0.558. The molecule has 0 aromatic heterocycles. The SMILES string of the molecule is CNC1CCC(C)(CC2CCCc3ccccc32)C1. The zero-order valence-electron chi connectivity index (χ0n) is 12.4. The number of hydrogen-bond donors (Lipinski definition) is 1. The van der Waals surface area contributed by atoms with Gasteiger partial charge in [0.25, 0.3) is 0 Å².